The highest BCUT2D eigenvalue weighted by Gasteiger charge is 1.98. The molecule has 2 nitrogen and oxygen atoms in total. The van der Waals surface area contributed by atoms with Crippen LogP contribution in [0.2, 0.25) is 0 Å². The first kappa shape index (κ1) is 15.4. The molecule has 0 fully saturated rings. The van der Waals surface area contributed by atoms with Crippen LogP contribution in [0.5, 0.6) is 11.5 Å². The van der Waals surface area contributed by atoms with Gasteiger partial charge in [0.2, 0.25) is 0 Å². The fraction of sp³-hybridized carbons (Fsp3) is 0.0500. The molecule has 0 unspecified atom stereocenters. The van der Waals surface area contributed by atoms with Crippen molar-refractivity contribution in [2.24, 2.45) is 4.99 Å². The second-order valence-corrected chi connectivity index (χ2v) is 5.82. The van der Waals surface area contributed by atoms with Crippen molar-refractivity contribution in [1.82, 2.24) is 0 Å². The molecule has 3 aromatic carbocycles. The number of nitrogens with zero attached hydrogens (tertiary/aromatic N) is 1. The summed E-state index contributed by atoms with van der Waals surface area (Å²) in [6.07, 6.45) is 3.94. The first-order valence-electron chi connectivity index (χ1n) is 7.34. The molecule has 0 aromatic heterocycles. The van der Waals surface area contributed by atoms with Crippen LogP contribution in [0, 0.1) is 0 Å². The van der Waals surface area contributed by atoms with Crippen LogP contribution in [-0.4, -0.2) is 12.5 Å². The second-order valence-electron chi connectivity index (χ2n) is 4.94. The molecule has 0 aliphatic carbocycles. The minimum Gasteiger partial charge on any atom is -0.457 e. The van der Waals surface area contributed by atoms with E-state index in [2.05, 4.69) is 35.5 Å². The fourth-order valence-corrected chi connectivity index (χ4v) is 2.50. The molecular formula is C20H17NOS. The summed E-state index contributed by atoms with van der Waals surface area (Å²) in [6.45, 7) is 0. The minimum absolute atomic E-state index is 0.781. The molecular weight excluding hydrogens is 302 g/mol. The van der Waals surface area contributed by atoms with Crippen molar-refractivity contribution < 1.29 is 4.74 Å². The van der Waals surface area contributed by atoms with Crippen LogP contribution in [-0.2, 0) is 0 Å². The van der Waals surface area contributed by atoms with Crippen molar-refractivity contribution in [3.8, 4) is 11.5 Å². The minimum atomic E-state index is 0.781. The standard InChI is InChI=1S/C20H17NOS/c1-23-20-12-10-16(11-13-20)15-21-17-6-5-9-19(14-17)22-18-7-3-2-4-8-18/h2-15H,1H3. The average Bonchev–Trinajstić information content (AvgIpc) is 2.62. The highest BCUT2D eigenvalue weighted by Crippen LogP contribution is 2.25. The summed E-state index contributed by atoms with van der Waals surface area (Å²) in [4.78, 5) is 5.77. The van der Waals surface area contributed by atoms with Crippen molar-refractivity contribution in [3.63, 3.8) is 0 Å². The molecule has 0 amide bonds. The number of aliphatic imine (C=N–C) groups is 1. The first-order chi connectivity index (χ1) is 11.3. The number of rotatable bonds is 5. The van der Waals surface area contributed by atoms with E-state index in [0.29, 0.717) is 0 Å². The van der Waals surface area contributed by atoms with E-state index in [1.807, 2.05) is 60.8 Å². The van der Waals surface area contributed by atoms with Crippen LogP contribution >= 0.6 is 11.8 Å². The predicted molar refractivity (Wildman–Crippen MR) is 98.4 cm³/mol. The molecule has 0 aliphatic heterocycles. The largest absolute Gasteiger partial charge is 0.457 e. The highest BCUT2D eigenvalue weighted by molar-refractivity contribution is 7.98. The average molecular weight is 319 g/mol. The smallest absolute Gasteiger partial charge is 0.129 e. The molecule has 0 heterocycles. The van der Waals surface area contributed by atoms with Gasteiger partial charge >= 0.3 is 0 Å². The first-order valence-corrected chi connectivity index (χ1v) is 8.57. The zero-order valence-electron chi connectivity index (χ0n) is 12.8. The molecule has 0 saturated carbocycles. The third-order valence-electron chi connectivity index (χ3n) is 3.28. The molecule has 3 rings (SSSR count). The van der Waals surface area contributed by atoms with Crippen molar-refractivity contribution in [3.05, 3.63) is 84.4 Å². The number of hydrogen-bond donors (Lipinski definition) is 0. The van der Waals surface area contributed by atoms with E-state index in [-0.39, 0.29) is 0 Å². The third kappa shape index (κ3) is 4.47. The maximum Gasteiger partial charge on any atom is 0.129 e. The van der Waals surface area contributed by atoms with E-state index in [9.17, 15) is 0 Å². The van der Waals surface area contributed by atoms with Gasteiger partial charge in [-0.15, -0.1) is 11.8 Å². The van der Waals surface area contributed by atoms with Gasteiger partial charge in [0.1, 0.15) is 11.5 Å². The molecule has 3 heteroatoms. The lowest BCUT2D eigenvalue weighted by Gasteiger charge is -2.05. The quantitative estimate of drug-likeness (QED) is 0.428. The third-order valence-corrected chi connectivity index (χ3v) is 4.02. The Morgan fingerprint density at radius 2 is 1.57 bits per heavy atom. The van der Waals surface area contributed by atoms with E-state index in [4.69, 9.17) is 4.74 Å². The molecule has 114 valence electrons. The van der Waals surface area contributed by atoms with E-state index in [1.54, 1.807) is 11.8 Å². The zero-order chi connectivity index (χ0) is 15.9. The topological polar surface area (TPSA) is 21.6 Å². The number of thioether (sulfide) groups is 1. The van der Waals surface area contributed by atoms with Crippen LogP contribution in [0.15, 0.2) is 88.8 Å². The monoisotopic (exact) mass is 319 g/mol. The van der Waals surface area contributed by atoms with Gasteiger partial charge in [0.05, 0.1) is 5.69 Å². The highest BCUT2D eigenvalue weighted by atomic mass is 32.2. The maximum absolute atomic E-state index is 5.82. The van der Waals surface area contributed by atoms with Gasteiger partial charge in [0, 0.05) is 17.2 Å². The zero-order valence-corrected chi connectivity index (χ0v) is 13.7. The molecule has 0 atom stereocenters. The molecule has 3 aromatic rings. The van der Waals surface area contributed by atoms with Crippen LogP contribution in [0.25, 0.3) is 0 Å². The van der Waals surface area contributed by atoms with Crippen LogP contribution in [0.1, 0.15) is 5.56 Å². The lowest BCUT2D eigenvalue weighted by atomic mass is 10.2. The van der Waals surface area contributed by atoms with Gasteiger partial charge in [-0.3, -0.25) is 4.99 Å². The number of benzene rings is 3. The molecule has 0 saturated heterocycles. The molecule has 0 aliphatic rings. The lowest BCUT2D eigenvalue weighted by Crippen LogP contribution is -1.83. The maximum atomic E-state index is 5.82. The van der Waals surface area contributed by atoms with Crippen molar-refractivity contribution >= 4 is 23.7 Å². The fourth-order valence-electron chi connectivity index (χ4n) is 2.09. The van der Waals surface area contributed by atoms with Gasteiger partial charge in [-0.1, -0.05) is 36.4 Å². The van der Waals surface area contributed by atoms with Gasteiger partial charge in [0.15, 0.2) is 0 Å². The van der Waals surface area contributed by atoms with Crippen molar-refractivity contribution in [2.45, 2.75) is 4.90 Å². The summed E-state index contributed by atoms with van der Waals surface area (Å²) in [6, 6.07) is 25.8. The van der Waals surface area contributed by atoms with Gasteiger partial charge in [-0.2, -0.15) is 0 Å². The molecule has 0 bridgehead atoms. The number of para-hydroxylation sites is 1. The van der Waals surface area contributed by atoms with Gasteiger partial charge < -0.3 is 4.74 Å². The molecule has 0 radical (unpaired) electrons. The van der Waals surface area contributed by atoms with Crippen molar-refractivity contribution in [2.75, 3.05) is 6.26 Å². The van der Waals surface area contributed by atoms with Crippen LogP contribution < -0.4 is 4.74 Å². The Morgan fingerprint density at radius 1 is 0.826 bits per heavy atom. The summed E-state index contributed by atoms with van der Waals surface area (Å²) in [5, 5.41) is 0. The van der Waals surface area contributed by atoms with E-state index >= 15 is 0 Å². The lowest BCUT2D eigenvalue weighted by molar-refractivity contribution is 0.483. The summed E-state index contributed by atoms with van der Waals surface area (Å²) < 4.78 is 5.82. The van der Waals surface area contributed by atoms with E-state index < -0.39 is 0 Å². The number of hydrogen-bond acceptors (Lipinski definition) is 3. The molecule has 0 N–H and O–H groups in total. The predicted octanol–water partition coefficient (Wildman–Crippen LogP) is 5.95. The normalized spacial score (nSPS) is 10.8. The van der Waals surface area contributed by atoms with Gasteiger partial charge in [-0.05, 0) is 48.2 Å². The van der Waals surface area contributed by atoms with E-state index in [0.717, 1.165) is 22.7 Å². The Labute approximate surface area is 140 Å². The molecule has 0 spiro atoms. The second kappa shape index (κ2) is 7.65. The summed E-state index contributed by atoms with van der Waals surface area (Å²) >= 11 is 1.73. The Bertz CT molecular complexity index is 782. The number of ether oxygens (including phenoxy) is 1. The summed E-state index contributed by atoms with van der Waals surface area (Å²) in [7, 11) is 0. The van der Waals surface area contributed by atoms with Crippen molar-refractivity contribution in [1.29, 1.82) is 0 Å². The van der Waals surface area contributed by atoms with Gasteiger partial charge in [0.25, 0.3) is 0 Å². The van der Waals surface area contributed by atoms with Gasteiger partial charge in [-0.25, -0.2) is 0 Å². The summed E-state index contributed by atoms with van der Waals surface area (Å²) in [5.41, 5.74) is 1.95. The SMILES string of the molecule is CSc1ccc(C=Nc2cccc(Oc3ccccc3)c2)cc1. The Kier molecular flexibility index (Phi) is 5.12. The molecule has 23 heavy (non-hydrogen) atoms. The Hall–Kier alpha value is -2.52. The van der Waals surface area contributed by atoms with E-state index in [1.165, 1.54) is 4.90 Å². The van der Waals surface area contributed by atoms with Crippen LogP contribution in [0.4, 0.5) is 5.69 Å². The Balaban J connectivity index is 1.72. The summed E-state index contributed by atoms with van der Waals surface area (Å²) in [5.74, 6) is 1.60. The Morgan fingerprint density at radius 3 is 2.30 bits per heavy atom. The van der Waals surface area contributed by atoms with Crippen LogP contribution in [0.3, 0.4) is 0 Å².